The van der Waals surface area contributed by atoms with Gasteiger partial charge in [0.05, 0.1) is 18.2 Å². The van der Waals surface area contributed by atoms with Gasteiger partial charge in [-0.25, -0.2) is 0 Å². The Morgan fingerprint density at radius 1 is 1.03 bits per heavy atom. The largest absolute Gasteiger partial charge is 0.493 e. The summed E-state index contributed by atoms with van der Waals surface area (Å²) in [5.41, 5.74) is -1.74. The maximum absolute atomic E-state index is 12.9. The smallest absolute Gasteiger partial charge is 0.256 e. The lowest BCUT2D eigenvalue weighted by Crippen LogP contribution is -2.49. The van der Waals surface area contributed by atoms with Gasteiger partial charge in [0.1, 0.15) is 5.75 Å². The van der Waals surface area contributed by atoms with Crippen LogP contribution in [0.2, 0.25) is 0 Å². The SMILES string of the molecule is CCC[C@H](C)COc1ccc([C@@H](NC(=O)[C@](C)(O)c2ccccc2)C(C)(C)O)cc1. The first kappa shape index (κ1) is 23.9. The van der Waals surface area contributed by atoms with Gasteiger partial charge in [-0.3, -0.25) is 4.79 Å². The van der Waals surface area contributed by atoms with Crippen molar-refractivity contribution >= 4 is 5.91 Å². The number of hydrogen-bond donors (Lipinski definition) is 3. The highest BCUT2D eigenvalue weighted by Gasteiger charge is 2.37. The molecule has 0 unspecified atom stereocenters. The van der Waals surface area contributed by atoms with Gasteiger partial charge in [-0.1, -0.05) is 62.7 Å². The number of hydrogen-bond acceptors (Lipinski definition) is 4. The fraction of sp³-hybridized carbons (Fsp3) is 0.480. The molecule has 5 nitrogen and oxygen atoms in total. The zero-order valence-electron chi connectivity index (χ0n) is 18.7. The van der Waals surface area contributed by atoms with E-state index in [0.29, 0.717) is 18.1 Å². The highest BCUT2D eigenvalue weighted by atomic mass is 16.5. The summed E-state index contributed by atoms with van der Waals surface area (Å²) in [6.45, 7) is 9.69. The third-order valence-corrected chi connectivity index (χ3v) is 5.29. The molecule has 0 radical (unpaired) electrons. The Balaban J connectivity index is 2.15. The summed E-state index contributed by atoms with van der Waals surface area (Å²) in [7, 11) is 0. The van der Waals surface area contributed by atoms with E-state index in [1.165, 1.54) is 6.92 Å². The first-order chi connectivity index (χ1) is 14.1. The number of ether oxygens (including phenoxy) is 1. The molecule has 0 bridgehead atoms. The molecule has 0 aromatic heterocycles. The minimum atomic E-state index is -1.72. The molecular formula is C25H35NO4. The summed E-state index contributed by atoms with van der Waals surface area (Å²) >= 11 is 0. The summed E-state index contributed by atoms with van der Waals surface area (Å²) in [6, 6.07) is 15.4. The lowest BCUT2D eigenvalue weighted by molar-refractivity contribution is -0.141. The van der Waals surface area contributed by atoms with Gasteiger partial charge in [-0.15, -0.1) is 0 Å². The average molecular weight is 414 g/mol. The van der Waals surface area contributed by atoms with Gasteiger partial charge in [0, 0.05) is 0 Å². The summed E-state index contributed by atoms with van der Waals surface area (Å²) < 4.78 is 5.84. The maximum Gasteiger partial charge on any atom is 0.256 e. The van der Waals surface area contributed by atoms with E-state index in [-0.39, 0.29) is 0 Å². The molecule has 0 heterocycles. The van der Waals surface area contributed by atoms with E-state index in [4.69, 9.17) is 4.74 Å². The third-order valence-electron chi connectivity index (χ3n) is 5.29. The van der Waals surface area contributed by atoms with Gasteiger partial charge in [-0.05, 0) is 56.4 Å². The molecule has 1 amide bonds. The highest BCUT2D eigenvalue weighted by molar-refractivity contribution is 5.86. The molecule has 0 spiro atoms. The standard InChI is InChI=1S/C25H35NO4/c1-6-10-18(2)17-30-21-15-13-19(14-16-21)22(24(3,4)28)26-23(27)25(5,29)20-11-8-7-9-12-20/h7-9,11-16,18,22,28-29H,6,10,17H2,1-5H3,(H,26,27)/t18-,22+,25+/m0/s1. The van der Waals surface area contributed by atoms with Crippen molar-refractivity contribution in [2.75, 3.05) is 6.61 Å². The van der Waals surface area contributed by atoms with Crippen molar-refractivity contribution < 1.29 is 19.7 Å². The Morgan fingerprint density at radius 2 is 1.63 bits per heavy atom. The van der Waals surface area contributed by atoms with Crippen LogP contribution in [0.4, 0.5) is 0 Å². The number of carbonyl (C=O) groups excluding carboxylic acids is 1. The average Bonchev–Trinajstić information content (AvgIpc) is 2.71. The van der Waals surface area contributed by atoms with Crippen molar-refractivity contribution in [2.24, 2.45) is 5.92 Å². The summed E-state index contributed by atoms with van der Waals surface area (Å²) in [5, 5.41) is 24.3. The predicted octanol–water partition coefficient (Wildman–Crippen LogP) is 4.34. The first-order valence-corrected chi connectivity index (χ1v) is 10.6. The molecule has 0 aliphatic carbocycles. The van der Waals surface area contributed by atoms with E-state index >= 15 is 0 Å². The van der Waals surface area contributed by atoms with Gasteiger partial charge in [-0.2, -0.15) is 0 Å². The van der Waals surface area contributed by atoms with E-state index in [9.17, 15) is 15.0 Å². The van der Waals surface area contributed by atoms with Gasteiger partial charge < -0.3 is 20.3 Å². The topological polar surface area (TPSA) is 78.8 Å². The van der Waals surface area contributed by atoms with Gasteiger partial charge in [0.25, 0.3) is 5.91 Å². The quantitative estimate of drug-likeness (QED) is 0.541. The van der Waals surface area contributed by atoms with Gasteiger partial charge in [0.2, 0.25) is 0 Å². The second-order valence-electron chi connectivity index (χ2n) is 8.77. The number of amides is 1. The molecule has 0 aliphatic heterocycles. The molecule has 2 aromatic carbocycles. The molecule has 2 rings (SSSR count). The predicted molar refractivity (Wildman–Crippen MR) is 119 cm³/mol. The monoisotopic (exact) mass is 413 g/mol. The van der Waals surface area contributed by atoms with Crippen LogP contribution in [0.1, 0.15) is 64.6 Å². The minimum Gasteiger partial charge on any atom is -0.493 e. The maximum atomic E-state index is 12.9. The Labute approximate surface area is 180 Å². The molecule has 3 N–H and O–H groups in total. The van der Waals surface area contributed by atoms with E-state index in [1.807, 2.05) is 30.3 Å². The molecule has 2 aromatic rings. The fourth-order valence-corrected chi connectivity index (χ4v) is 3.40. The Morgan fingerprint density at radius 3 is 2.17 bits per heavy atom. The van der Waals surface area contributed by atoms with Crippen molar-refractivity contribution in [3.8, 4) is 5.75 Å². The summed E-state index contributed by atoms with van der Waals surface area (Å²) in [5.74, 6) is 0.659. The van der Waals surface area contributed by atoms with Crippen molar-refractivity contribution in [2.45, 2.75) is 64.7 Å². The third kappa shape index (κ3) is 6.31. The minimum absolute atomic E-state index is 0.485. The van der Waals surface area contributed by atoms with Crippen LogP contribution < -0.4 is 10.1 Å². The van der Waals surface area contributed by atoms with Crippen molar-refractivity contribution in [1.29, 1.82) is 0 Å². The number of benzene rings is 2. The van der Waals surface area contributed by atoms with E-state index in [0.717, 1.165) is 24.2 Å². The van der Waals surface area contributed by atoms with Gasteiger partial charge >= 0.3 is 0 Å². The molecule has 0 saturated carbocycles. The fourth-order valence-electron chi connectivity index (χ4n) is 3.40. The number of carbonyl (C=O) groups is 1. The van der Waals surface area contributed by atoms with Crippen LogP contribution in [0, 0.1) is 5.92 Å². The van der Waals surface area contributed by atoms with Crippen molar-refractivity contribution in [3.05, 3.63) is 65.7 Å². The van der Waals surface area contributed by atoms with Crippen LogP contribution in [0.25, 0.3) is 0 Å². The van der Waals surface area contributed by atoms with Crippen LogP contribution in [0.5, 0.6) is 5.75 Å². The Kier molecular flexibility index (Phi) is 8.04. The lowest BCUT2D eigenvalue weighted by Gasteiger charge is -2.33. The molecule has 164 valence electrons. The van der Waals surface area contributed by atoms with Crippen LogP contribution >= 0.6 is 0 Å². The lowest BCUT2D eigenvalue weighted by atomic mass is 9.89. The number of nitrogens with one attached hydrogen (secondary N) is 1. The molecule has 5 heteroatoms. The zero-order valence-corrected chi connectivity index (χ0v) is 18.7. The molecular weight excluding hydrogens is 378 g/mol. The number of rotatable bonds is 10. The highest BCUT2D eigenvalue weighted by Crippen LogP contribution is 2.29. The van der Waals surface area contributed by atoms with E-state index in [2.05, 4.69) is 19.2 Å². The Hall–Kier alpha value is -2.37. The summed E-state index contributed by atoms with van der Waals surface area (Å²) in [6.07, 6.45) is 2.25. The normalized spacial score (nSPS) is 15.7. The second kappa shape index (κ2) is 10.1. The number of aliphatic hydroxyl groups is 2. The van der Waals surface area contributed by atoms with Crippen LogP contribution in [0.15, 0.2) is 54.6 Å². The van der Waals surface area contributed by atoms with Gasteiger partial charge in [0.15, 0.2) is 5.60 Å². The van der Waals surface area contributed by atoms with E-state index < -0.39 is 23.2 Å². The van der Waals surface area contributed by atoms with Crippen molar-refractivity contribution in [3.63, 3.8) is 0 Å². The van der Waals surface area contributed by atoms with Crippen molar-refractivity contribution in [1.82, 2.24) is 5.32 Å². The molecule has 0 fully saturated rings. The second-order valence-corrected chi connectivity index (χ2v) is 8.77. The van der Waals surface area contributed by atoms with Crippen LogP contribution in [-0.4, -0.2) is 28.3 Å². The molecule has 0 aliphatic rings. The molecule has 0 saturated heterocycles. The molecule has 30 heavy (non-hydrogen) atoms. The first-order valence-electron chi connectivity index (χ1n) is 10.6. The Bertz CT molecular complexity index is 794. The van der Waals surface area contributed by atoms with E-state index in [1.54, 1.807) is 38.1 Å². The zero-order chi connectivity index (χ0) is 22.4. The molecule has 3 atom stereocenters. The summed E-state index contributed by atoms with van der Waals surface area (Å²) in [4.78, 5) is 12.9. The van der Waals surface area contributed by atoms with Crippen LogP contribution in [0.3, 0.4) is 0 Å². The van der Waals surface area contributed by atoms with Crippen LogP contribution in [-0.2, 0) is 10.4 Å².